The van der Waals surface area contributed by atoms with Gasteiger partial charge in [0.15, 0.2) is 5.75 Å². The molecule has 0 aliphatic carbocycles. The molecule has 0 saturated carbocycles. The minimum atomic E-state index is -0.0575. The smallest absolute Gasteiger partial charge is 0.260 e. The van der Waals surface area contributed by atoms with Gasteiger partial charge in [0.1, 0.15) is 5.82 Å². The molecule has 8 nitrogen and oxygen atoms in total. The summed E-state index contributed by atoms with van der Waals surface area (Å²) >= 11 is 0. The van der Waals surface area contributed by atoms with Crippen LogP contribution >= 0.6 is 0 Å². The maximum Gasteiger partial charge on any atom is 0.260 e. The molecule has 4 heterocycles. The minimum Gasteiger partial charge on any atom is -0.491 e. The number of amides is 1. The van der Waals surface area contributed by atoms with Crippen molar-refractivity contribution in [3.63, 3.8) is 0 Å². The molecule has 0 unspecified atom stereocenters. The van der Waals surface area contributed by atoms with Gasteiger partial charge in [-0.3, -0.25) is 9.78 Å². The Balaban J connectivity index is 1.60. The topological polar surface area (TPSA) is 80.7 Å². The molecule has 0 bridgehead atoms. The van der Waals surface area contributed by atoms with Crippen molar-refractivity contribution in [1.82, 2.24) is 15.0 Å². The molecule has 1 aliphatic heterocycles. The zero-order valence-corrected chi connectivity index (χ0v) is 18.8. The predicted molar refractivity (Wildman–Crippen MR) is 124 cm³/mol. The van der Waals surface area contributed by atoms with E-state index < -0.39 is 0 Å². The summed E-state index contributed by atoms with van der Waals surface area (Å²) in [5.74, 6) is 1.74. The third-order valence-corrected chi connectivity index (χ3v) is 5.56. The van der Waals surface area contributed by atoms with Gasteiger partial charge in [-0.1, -0.05) is 13.3 Å². The summed E-state index contributed by atoms with van der Waals surface area (Å²) in [4.78, 5) is 30.4. The molecule has 1 aliphatic rings. The van der Waals surface area contributed by atoms with Crippen molar-refractivity contribution in [2.24, 2.45) is 0 Å². The van der Waals surface area contributed by atoms with Gasteiger partial charge in [0.05, 0.1) is 37.7 Å². The lowest BCUT2D eigenvalue weighted by Crippen LogP contribution is -2.24. The van der Waals surface area contributed by atoms with Crippen LogP contribution in [0.25, 0.3) is 11.3 Å². The van der Waals surface area contributed by atoms with E-state index in [0.29, 0.717) is 23.7 Å². The highest BCUT2D eigenvalue weighted by atomic mass is 16.5. The number of rotatable bonds is 8. The van der Waals surface area contributed by atoms with Crippen molar-refractivity contribution in [2.75, 3.05) is 37.6 Å². The molecule has 1 amide bonds. The van der Waals surface area contributed by atoms with Crippen LogP contribution in [0.3, 0.4) is 0 Å². The Morgan fingerprint density at radius 2 is 1.97 bits per heavy atom. The molecule has 0 atom stereocenters. The zero-order chi connectivity index (χ0) is 22.7. The van der Waals surface area contributed by atoms with Crippen LogP contribution in [-0.4, -0.2) is 48.7 Å². The lowest BCUT2D eigenvalue weighted by Gasteiger charge is -2.21. The van der Waals surface area contributed by atoms with Crippen molar-refractivity contribution < 1.29 is 14.3 Å². The highest BCUT2D eigenvalue weighted by molar-refractivity contribution is 6.09. The first-order valence-electron chi connectivity index (χ1n) is 10.6. The van der Waals surface area contributed by atoms with Crippen molar-refractivity contribution in [1.29, 1.82) is 0 Å². The Hall–Kier alpha value is -3.68. The standard InChI is InChI=1S/C24H27N5O3/c1-5-6-11-28(2)22-13-17(9-10-25-22)29-15-20-18(24(29)30)7-8-19(27-20)16-12-21(31-3)23(32-4)26-14-16/h7-10,12-14H,5-6,11,15H2,1-4H3. The number of pyridine rings is 3. The summed E-state index contributed by atoms with van der Waals surface area (Å²) in [6, 6.07) is 9.31. The van der Waals surface area contributed by atoms with Crippen LogP contribution in [0.15, 0.2) is 42.7 Å². The number of hydrogen-bond acceptors (Lipinski definition) is 7. The third kappa shape index (κ3) is 4.08. The Bertz CT molecular complexity index is 1130. The molecule has 8 heteroatoms. The third-order valence-electron chi connectivity index (χ3n) is 5.56. The summed E-state index contributed by atoms with van der Waals surface area (Å²) in [7, 11) is 5.14. The fraction of sp³-hybridized carbons (Fsp3) is 0.333. The fourth-order valence-corrected chi connectivity index (χ4v) is 3.72. The quantitative estimate of drug-likeness (QED) is 0.532. The number of hydrogen-bond donors (Lipinski definition) is 0. The SMILES string of the molecule is CCCCN(C)c1cc(N2Cc3nc(-c4cnc(OC)c(OC)c4)ccc3C2=O)ccn1. The number of unbranched alkanes of at least 4 members (excludes halogenated alkanes) is 1. The minimum absolute atomic E-state index is 0.0575. The van der Waals surface area contributed by atoms with Crippen LogP contribution in [0.4, 0.5) is 11.5 Å². The first-order valence-corrected chi connectivity index (χ1v) is 10.6. The number of nitrogens with zero attached hydrogens (tertiary/aromatic N) is 5. The number of fused-ring (bicyclic) bond motifs is 1. The summed E-state index contributed by atoms with van der Waals surface area (Å²) in [5, 5.41) is 0. The van der Waals surface area contributed by atoms with Crippen LogP contribution in [0.2, 0.25) is 0 Å². The molecule has 0 spiro atoms. The molecule has 0 fully saturated rings. The Kier molecular flexibility index (Phi) is 6.20. The van der Waals surface area contributed by atoms with Gasteiger partial charge in [-0.2, -0.15) is 0 Å². The number of ether oxygens (including phenoxy) is 2. The van der Waals surface area contributed by atoms with Gasteiger partial charge in [0.25, 0.3) is 11.8 Å². The summed E-state index contributed by atoms with van der Waals surface area (Å²) in [6.45, 7) is 3.49. The molecule has 0 radical (unpaired) electrons. The number of methoxy groups -OCH3 is 2. The van der Waals surface area contributed by atoms with Crippen molar-refractivity contribution in [3.8, 4) is 22.9 Å². The Morgan fingerprint density at radius 3 is 2.72 bits per heavy atom. The molecule has 3 aromatic heterocycles. The molecule has 0 saturated heterocycles. The summed E-state index contributed by atoms with van der Waals surface area (Å²) in [6.07, 6.45) is 5.64. The molecule has 166 valence electrons. The average molecular weight is 434 g/mol. The highest BCUT2D eigenvalue weighted by Gasteiger charge is 2.30. The van der Waals surface area contributed by atoms with Crippen LogP contribution in [0, 0.1) is 0 Å². The Morgan fingerprint density at radius 1 is 1.12 bits per heavy atom. The molecule has 4 rings (SSSR count). The molecular weight excluding hydrogens is 406 g/mol. The molecule has 32 heavy (non-hydrogen) atoms. The second-order valence-corrected chi connectivity index (χ2v) is 7.66. The second kappa shape index (κ2) is 9.21. The Labute approximate surface area is 187 Å². The fourth-order valence-electron chi connectivity index (χ4n) is 3.72. The van der Waals surface area contributed by atoms with Crippen LogP contribution < -0.4 is 19.3 Å². The van der Waals surface area contributed by atoms with Gasteiger partial charge in [-0.05, 0) is 30.7 Å². The predicted octanol–water partition coefficient (Wildman–Crippen LogP) is 3.95. The van der Waals surface area contributed by atoms with E-state index in [1.165, 1.54) is 0 Å². The van der Waals surface area contributed by atoms with E-state index in [1.807, 2.05) is 37.4 Å². The van der Waals surface area contributed by atoms with E-state index in [1.54, 1.807) is 31.5 Å². The second-order valence-electron chi connectivity index (χ2n) is 7.66. The van der Waals surface area contributed by atoms with Gasteiger partial charge in [-0.15, -0.1) is 0 Å². The lowest BCUT2D eigenvalue weighted by atomic mass is 10.1. The van der Waals surface area contributed by atoms with Gasteiger partial charge in [-0.25, -0.2) is 9.97 Å². The normalized spacial score (nSPS) is 12.6. The van der Waals surface area contributed by atoms with Gasteiger partial charge in [0.2, 0.25) is 0 Å². The monoisotopic (exact) mass is 433 g/mol. The van der Waals surface area contributed by atoms with Crippen molar-refractivity contribution >= 4 is 17.4 Å². The number of aromatic nitrogens is 3. The van der Waals surface area contributed by atoms with Crippen molar-refractivity contribution in [3.05, 3.63) is 54.0 Å². The van der Waals surface area contributed by atoms with E-state index in [2.05, 4.69) is 21.8 Å². The van der Waals surface area contributed by atoms with Gasteiger partial charge < -0.3 is 19.3 Å². The zero-order valence-electron chi connectivity index (χ0n) is 18.8. The van der Waals surface area contributed by atoms with Crippen LogP contribution in [0.5, 0.6) is 11.6 Å². The van der Waals surface area contributed by atoms with Crippen LogP contribution in [-0.2, 0) is 6.54 Å². The summed E-state index contributed by atoms with van der Waals surface area (Å²) in [5.41, 5.74) is 3.68. The molecule has 0 aromatic carbocycles. The van der Waals surface area contributed by atoms with E-state index in [0.717, 1.165) is 47.8 Å². The molecule has 0 N–H and O–H groups in total. The number of carbonyl (C=O) groups excluding carboxylic acids is 1. The van der Waals surface area contributed by atoms with Gasteiger partial charge in [0, 0.05) is 43.3 Å². The largest absolute Gasteiger partial charge is 0.491 e. The van der Waals surface area contributed by atoms with E-state index in [-0.39, 0.29) is 5.91 Å². The number of carbonyl (C=O) groups is 1. The lowest BCUT2D eigenvalue weighted by molar-refractivity contribution is 0.0996. The van der Waals surface area contributed by atoms with Gasteiger partial charge >= 0.3 is 0 Å². The molecule has 3 aromatic rings. The van der Waals surface area contributed by atoms with Crippen molar-refractivity contribution in [2.45, 2.75) is 26.3 Å². The maximum absolute atomic E-state index is 13.1. The average Bonchev–Trinajstić information content (AvgIpc) is 3.17. The summed E-state index contributed by atoms with van der Waals surface area (Å²) < 4.78 is 10.6. The van der Waals surface area contributed by atoms with E-state index in [9.17, 15) is 4.79 Å². The van der Waals surface area contributed by atoms with E-state index >= 15 is 0 Å². The first kappa shape index (κ1) is 21.5. The van der Waals surface area contributed by atoms with Crippen LogP contribution in [0.1, 0.15) is 35.8 Å². The van der Waals surface area contributed by atoms with E-state index in [4.69, 9.17) is 14.5 Å². The molecular formula is C24H27N5O3. The highest BCUT2D eigenvalue weighted by Crippen LogP contribution is 2.33. The maximum atomic E-state index is 13.1. The number of anilines is 2. The first-order chi connectivity index (χ1) is 15.5.